The molecule has 1 unspecified atom stereocenters. The molecule has 2 rings (SSSR count). The summed E-state index contributed by atoms with van der Waals surface area (Å²) in [5.74, 6) is -0.824. The Morgan fingerprint density at radius 1 is 1.20 bits per heavy atom. The summed E-state index contributed by atoms with van der Waals surface area (Å²) in [7, 11) is 0. The Kier molecular flexibility index (Phi) is 3.63. The third-order valence-electron chi connectivity index (χ3n) is 3.87. The van der Waals surface area contributed by atoms with Gasteiger partial charge in [0.25, 0.3) is 0 Å². The van der Waals surface area contributed by atoms with Crippen LogP contribution < -0.4 is 5.32 Å². The number of β-amino-alcohol motifs (C(OH)–C–C–N with tert-alkyl or cyclic N) is 1. The molecule has 2 aliphatic rings. The van der Waals surface area contributed by atoms with E-state index in [1.807, 2.05) is 0 Å². The first-order valence-corrected chi connectivity index (χ1v) is 5.27. The number of nitrogens with one attached hydrogen (secondary N) is 1. The van der Waals surface area contributed by atoms with Gasteiger partial charge in [0.05, 0.1) is 11.0 Å². The molecule has 0 spiro atoms. The molecular formula is C10H18ClNO3. The normalized spacial score (nSPS) is 33.7. The third-order valence-corrected chi connectivity index (χ3v) is 3.87. The van der Waals surface area contributed by atoms with E-state index in [0.29, 0.717) is 25.8 Å². The standard InChI is InChI=1S/C10H17NO3.ClH/c12-8(13)9(3-1-4-9)10(14)5-2-6-11-7-10;/h11,14H,1-7H2,(H,12,13);1H. The predicted molar refractivity (Wildman–Crippen MR) is 58.2 cm³/mol. The number of hydrogen-bond acceptors (Lipinski definition) is 3. The fourth-order valence-corrected chi connectivity index (χ4v) is 2.71. The zero-order chi connectivity index (χ0) is 10.2. The second kappa shape index (κ2) is 4.28. The molecule has 88 valence electrons. The molecule has 3 N–H and O–H groups in total. The highest BCUT2D eigenvalue weighted by molar-refractivity contribution is 5.85. The Balaban J connectivity index is 0.00000112. The summed E-state index contributed by atoms with van der Waals surface area (Å²) < 4.78 is 0. The number of carboxylic acids is 1. The molecule has 0 amide bonds. The smallest absolute Gasteiger partial charge is 0.312 e. The summed E-state index contributed by atoms with van der Waals surface area (Å²) in [5.41, 5.74) is -1.88. The number of carbonyl (C=O) groups is 1. The lowest BCUT2D eigenvalue weighted by Crippen LogP contribution is -2.63. The van der Waals surface area contributed by atoms with Crippen LogP contribution >= 0.6 is 12.4 Å². The molecule has 1 saturated carbocycles. The van der Waals surface area contributed by atoms with E-state index in [0.717, 1.165) is 19.4 Å². The quantitative estimate of drug-likeness (QED) is 0.662. The monoisotopic (exact) mass is 235 g/mol. The Hall–Kier alpha value is -0.320. The molecule has 2 fully saturated rings. The lowest BCUT2D eigenvalue weighted by molar-refractivity contribution is -0.187. The SMILES string of the molecule is Cl.O=C(O)C1(C2(O)CCCNC2)CCC1. The van der Waals surface area contributed by atoms with Gasteiger partial charge in [-0.2, -0.15) is 0 Å². The van der Waals surface area contributed by atoms with Crippen molar-refractivity contribution in [2.24, 2.45) is 5.41 Å². The first-order valence-electron chi connectivity index (χ1n) is 5.27. The zero-order valence-electron chi connectivity index (χ0n) is 8.66. The summed E-state index contributed by atoms with van der Waals surface area (Å²) in [4.78, 5) is 11.2. The fourth-order valence-electron chi connectivity index (χ4n) is 2.71. The highest BCUT2D eigenvalue weighted by Crippen LogP contribution is 2.51. The number of aliphatic hydroxyl groups is 1. The van der Waals surface area contributed by atoms with E-state index in [4.69, 9.17) is 0 Å². The highest BCUT2D eigenvalue weighted by atomic mass is 35.5. The van der Waals surface area contributed by atoms with Crippen molar-refractivity contribution < 1.29 is 15.0 Å². The van der Waals surface area contributed by atoms with Gasteiger partial charge in [-0.25, -0.2) is 0 Å². The van der Waals surface area contributed by atoms with E-state index in [1.54, 1.807) is 0 Å². The van der Waals surface area contributed by atoms with Crippen molar-refractivity contribution in [3.05, 3.63) is 0 Å². The van der Waals surface area contributed by atoms with Gasteiger partial charge in [-0.15, -0.1) is 12.4 Å². The number of piperidine rings is 1. The van der Waals surface area contributed by atoms with Crippen LogP contribution in [-0.2, 0) is 4.79 Å². The summed E-state index contributed by atoms with van der Waals surface area (Å²) in [5, 5.41) is 22.7. The van der Waals surface area contributed by atoms with Crippen LogP contribution in [0.5, 0.6) is 0 Å². The minimum Gasteiger partial charge on any atom is -0.481 e. The molecule has 0 aromatic heterocycles. The third kappa shape index (κ3) is 1.75. The second-order valence-corrected chi connectivity index (χ2v) is 4.55. The lowest BCUT2D eigenvalue weighted by atomic mass is 9.56. The van der Waals surface area contributed by atoms with E-state index in [-0.39, 0.29) is 12.4 Å². The Morgan fingerprint density at radius 3 is 2.20 bits per heavy atom. The Labute approximate surface area is 95.5 Å². The first kappa shape index (κ1) is 12.7. The number of rotatable bonds is 2. The van der Waals surface area contributed by atoms with Crippen molar-refractivity contribution in [1.29, 1.82) is 0 Å². The number of aliphatic carboxylic acids is 1. The van der Waals surface area contributed by atoms with Crippen LogP contribution in [0.15, 0.2) is 0 Å². The van der Waals surface area contributed by atoms with Gasteiger partial charge < -0.3 is 15.5 Å². The summed E-state index contributed by atoms with van der Waals surface area (Å²) in [6, 6.07) is 0. The lowest BCUT2D eigenvalue weighted by Gasteiger charge is -2.51. The van der Waals surface area contributed by atoms with Crippen LogP contribution in [0, 0.1) is 5.41 Å². The van der Waals surface area contributed by atoms with E-state index >= 15 is 0 Å². The van der Waals surface area contributed by atoms with Gasteiger partial charge >= 0.3 is 5.97 Å². The van der Waals surface area contributed by atoms with Crippen molar-refractivity contribution in [3.63, 3.8) is 0 Å². The van der Waals surface area contributed by atoms with Crippen molar-refractivity contribution in [1.82, 2.24) is 5.32 Å². The maximum Gasteiger partial charge on any atom is 0.312 e. The molecule has 0 bridgehead atoms. The average Bonchev–Trinajstić information content (AvgIpc) is 2.01. The van der Waals surface area contributed by atoms with Crippen molar-refractivity contribution in [3.8, 4) is 0 Å². The van der Waals surface area contributed by atoms with Crippen molar-refractivity contribution in [2.75, 3.05) is 13.1 Å². The van der Waals surface area contributed by atoms with Crippen LogP contribution in [0.25, 0.3) is 0 Å². The number of hydrogen-bond donors (Lipinski definition) is 3. The van der Waals surface area contributed by atoms with Crippen LogP contribution in [-0.4, -0.2) is 34.9 Å². The zero-order valence-corrected chi connectivity index (χ0v) is 9.48. The largest absolute Gasteiger partial charge is 0.481 e. The van der Waals surface area contributed by atoms with Gasteiger partial charge in [0.1, 0.15) is 0 Å². The molecule has 0 aromatic carbocycles. The van der Waals surface area contributed by atoms with E-state index < -0.39 is 17.0 Å². The molecular weight excluding hydrogens is 218 g/mol. The maximum atomic E-state index is 11.2. The van der Waals surface area contributed by atoms with E-state index in [9.17, 15) is 15.0 Å². The van der Waals surface area contributed by atoms with Crippen LogP contribution in [0.1, 0.15) is 32.1 Å². The summed E-state index contributed by atoms with van der Waals surface area (Å²) in [6.45, 7) is 1.32. The maximum absolute atomic E-state index is 11.2. The van der Waals surface area contributed by atoms with Gasteiger partial charge in [0, 0.05) is 6.54 Å². The number of halogens is 1. The van der Waals surface area contributed by atoms with Crippen LogP contribution in [0.4, 0.5) is 0 Å². The van der Waals surface area contributed by atoms with Crippen LogP contribution in [0.3, 0.4) is 0 Å². The molecule has 1 atom stereocenters. The Bertz CT molecular complexity index is 247. The number of carboxylic acid groups (broad SMARTS) is 1. The highest BCUT2D eigenvalue weighted by Gasteiger charge is 2.59. The van der Waals surface area contributed by atoms with Crippen LogP contribution in [0.2, 0.25) is 0 Å². The van der Waals surface area contributed by atoms with Gasteiger partial charge in [-0.05, 0) is 32.2 Å². The van der Waals surface area contributed by atoms with E-state index in [1.165, 1.54) is 0 Å². The molecule has 15 heavy (non-hydrogen) atoms. The molecule has 0 aromatic rings. The van der Waals surface area contributed by atoms with Gasteiger partial charge in [-0.1, -0.05) is 6.42 Å². The predicted octanol–water partition coefficient (Wildman–Crippen LogP) is 0.778. The average molecular weight is 236 g/mol. The minimum absolute atomic E-state index is 0. The summed E-state index contributed by atoms with van der Waals surface area (Å²) in [6.07, 6.45) is 3.66. The first-order chi connectivity index (χ1) is 6.61. The van der Waals surface area contributed by atoms with Gasteiger partial charge in [0.15, 0.2) is 0 Å². The molecule has 1 aliphatic heterocycles. The molecule has 5 heteroatoms. The molecule has 0 radical (unpaired) electrons. The van der Waals surface area contributed by atoms with Crippen molar-refractivity contribution >= 4 is 18.4 Å². The topological polar surface area (TPSA) is 69.6 Å². The van der Waals surface area contributed by atoms with E-state index in [2.05, 4.69) is 5.32 Å². The Morgan fingerprint density at radius 2 is 1.87 bits per heavy atom. The fraction of sp³-hybridized carbons (Fsp3) is 0.900. The molecule has 1 heterocycles. The molecule has 4 nitrogen and oxygen atoms in total. The minimum atomic E-state index is -1.02. The summed E-state index contributed by atoms with van der Waals surface area (Å²) >= 11 is 0. The van der Waals surface area contributed by atoms with Gasteiger partial charge in [0.2, 0.25) is 0 Å². The second-order valence-electron chi connectivity index (χ2n) is 4.55. The molecule has 1 aliphatic carbocycles. The van der Waals surface area contributed by atoms with Gasteiger partial charge in [-0.3, -0.25) is 4.79 Å². The van der Waals surface area contributed by atoms with Crippen molar-refractivity contribution in [2.45, 2.75) is 37.7 Å². The molecule has 1 saturated heterocycles.